The van der Waals surface area contributed by atoms with Crippen molar-refractivity contribution in [3.8, 4) is 0 Å². The summed E-state index contributed by atoms with van der Waals surface area (Å²) < 4.78 is 28.0. The number of rotatable bonds is 3. The minimum absolute atomic E-state index is 0.0655. The van der Waals surface area contributed by atoms with Crippen LogP contribution in [0.3, 0.4) is 0 Å². The van der Waals surface area contributed by atoms with Crippen LogP contribution in [0.25, 0.3) is 10.9 Å². The summed E-state index contributed by atoms with van der Waals surface area (Å²) >= 11 is 3.42. The van der Waals surface area contributed by atoms with E-state index in [-0.39, 0.29) is 17.1 Å². The van der Waals surface area contributed by atoms with E-state index in [1.807, 2.05) is 6.07 Å². The van der Waals surface area contributed by atoms with Crippen LogP contribution in [0.2, 0.25) is 0 Å². The molecule has 1 aromatic heterocycles. The highest BCUT2D eigenvalue weighted by atomic mass is 79.9. The predicted molar refractivity (Wildman–Crippen MR) is 89.1 cm³/mol. The molecule has 5 nitrogen and oxygen atoms in total. The van der Waals surface area contributed by atoms with E-state index in [4.69, 9.17) is 5.73 Å². The SMILES string of the molecule is NC(=O)c1nn(C(F)F)c2cc(Br)cc(C3CN4CCC3CC4)c12. The average molecular weight is 399 g/mol. The molecule has 3 saturated heterocycles. The Balaban J connectivity index is 1.96. The smallest absolute Gasteiger partial charge is 0.333 e. The second-order valence-electron chi connectivity index (χ2n) is 6.57. The average Bonchev–Trinajstić information content (AvgIpc) is 2.95. The van der Waals surface area contributed by atoms with Gasteiger partial charge in [0.05, 0.1) is 5.52 Å². The molecule has 0 saturated carbocycles. The first-order valence-corrected chi connectivity index (χ1v) is 8.77. The van der Waals surface area contributed by atoms with Crippen molar-refractivity contribution < 1.29 is 13.6 Å². The van der Waals surface area contributed by atoms with Crippen LogP contribution in [0.5, 0.6) is 0 Å². The van der Waals surface area contributed by atoms with E-state index in [1.165, 1.54) is 0 Å². The highest BCUT2D eigenvalue weighted by molar-refractivity contribution is 9.10. The number of alkyl halides is 2. The van der Waals surface area contributed by atoms with Gasteiger partial charge >= 0.3 is 6.55 Å². The van der Waals surface area contributed by atoms with Crippen LogP contribution in [0.4, 0.5) is 8.78 Å². The summed E-state index contributed by atoms with van der Waals surface area (Å²) in [6, 6.07) is 3.50. The highest BCUT2D eigenvalue weighted by Gasteiger charge is 2.37. The molecule has 128 valence electrons. The zero-order chi connectivity index (χ0) is 17.0. The van der Waals surface area contributed by atoms with Crippen LogP contribution in [-0.4, -0.2) is 40.2 Å². The molecule has 2 N–H and O–H groups in total. The maximum Gasteiger partial charge on any atom is 0.333 e. The molecule has 3 fully saturated rings. The number of carbonyl (C=O) groups excluding carboxylic acids is 1. The molecule has 1 aromatic carbocycles. The van der Waals surface area contributed by atoms with Gasteiger partial charge in [-0.3, -0.25) is 4.79 Å². The Kier molecular flexibility index (Phi) is 3.84. The Morgan fingerprint density at radius 2 is 2.04 bits per heavy atom. The molecule has 0 aliphatic carbocycles. The second-order valence-corrected chi connectivity index (χ2v) is 7.48. The van der Waals surface area contributed by atoms with Crippen molar-refractivity contribution in [2.75, 3.05) is 19.6 Å². The van der Waals surface area contributed by atoms with Gasteiger partial charge in [0.15, 0.2) is 5.69 Å². The number of benzene rings is 1. The lowest BCUT2D eigenvalue weighted by Crippen LogP contribution is -2.46. The number of hydrogen-bond donors (Lipinski definition) is 1. The zero-order valence-electron chi connectivity index (χ0n) is 12.9. The molecule has 3 aliphatic heterocycles. The third kappa shape index (κ3) is 2.43. The van der Waals surface area contributed by atoms with Gasteiger partial charge in [0.25, 0.3) is 5.91 Å². The monoisotopic (exact) mass is 398 g/mol. The fraction of sp³-hybridized carbons (Fsp3) is 0.500. The van der Waals surface area contributed by atoms with Gasteiger partial charge in [-0.2, -0.15) is 13.9 Å². The molecule has 24 heavy (non-hydrogen) atoms. The number of piperidine rings is 3. The molecule has 1 amide bonds. The van der Waals surface area contributed by atoms with Gasteiger partial charge < -0.3 is 10.6 Å². The number of nitrogens with two attached hydrogens (primary N) is 1. The quantitative estimate of drug-likeness (QED) is 0.863. The molecule has 3 aliphatic rings. The first-order valence-electron chi connectivity index (χ1n) is 7.97. The molecule has 0 radical (unpaired) electrons. The number of fused-ring (bicyclic) bond motifs is 4. The maximum atomic E-state index is 13.4. The van der Waals surface area contributed by atoms with Gasteiger partial charge in [-0.05, 0) is 49.5 Å². The van der Waals surface area contributed by atoms with E-state index in [0.29, 0.717) is 20.5 Å². The number of amides is 1. The number of nitrogens with zero attached hydrogens (tertiary/aromatic N) is 3. The number of halogens is 3. The van der Waals surface area contributed by atoms with Gasteiger partial charge in [0.1, 0.15) is 0 Å². The maximum absolute atomic E-state index is 13.4. The molecule has 8 heteroatoms. The minimum Gasteiger partial charge on any atom is -0.364 e. The first-order chi connectivity index (χ1) is 11.5. The molecule has 2 bridgehead atoms. The van der Waals surface area contributed by atoms with Gasteiger partial charge in [0, 0.05) is 22.3 Å². The number of hydrogen-bond acceptors (Lipinski definition) is 3. The molecule has 1 atom stereocenters. The molecular formula is C16H17BrF2N4O. The van der Waals surface area contributed by atoms with Crippen molar-refractivity contribution in [3.05, 3.63) is 27.9 Å². The summed E-state index contributed by atoms with van der Waals surface area (Å²) in [5, 5.41) is 4.28. The summed E-state index contributed by atoms with van der Waals surface area (Å²) in [7, 11) is 0. The van der Waals surface area contributed by atoms with Crippen LogP contribution in [0.15, 0.2) is 16.6 Å². The molecule has 0 spiro atoms. The standard InChI is InChI=1S/C16H17BrF2N4O/c17-9-5-10(11-7-22-3-1-8(11)2-4-22)13-12(6-9)23(16(18)19)21-14(13)15(20)24/h5-6,8,11,16H,1-4,7H2,(H2,20,24). The Morgan fingerprint density at radius 3 is 2.58 bits per heavy atom. The van der Waals surface area contributed by atoms with Crippen LogP contribution >= 0.6 is 15.9 Å². The summed E-state index contributed by atoms with van der Waals surface area (Å²) in [4.78, 5) is 14.2. The van der Waals surface area contributed by atoms with E-state index in [2.05, 4.69) is 25.9 Å². The number of carbonyl (C=O) groups is 1. The number of aromatic nitrogens is 2. The number of primary amides is 1. The van der Waals surface area contributed by atoms with Crippen molar-refractivity contribution in [2.45, 2.75) is 25.3 Å². The third-order valence-corrected chi connectivity index (χ3v) is 5.74. The van der Waals surface area contributed by atoms with Crippen molar-refractivity contribution in [1.29, 1.82) is 0 Å². The third-order valence-electron chi connectivity index (χ3n) is 5.28. The van der Waals surface area contributed by atoms with Crippen LogP contribution in [-0.2, 0) is 0 Å². The predicted octanol–water partition coefficient (Wildman–Crippen LogP) is 3.10. The summed E-state index contributed by atoms with van der Waals surface area (Å²) in [6.45, 7) is 0.220. The van der Waals surface area contributed by atoms with Crippen LogP contribution < -0.4 is 5.73 Å². The van der Waals surface area contributed by atoms with Crippen LogP contribution in [0.1, 0.15) is 41.4 Å². The topological polar surface area (TPSA) is 64.2 Å². The van der Waals surface area contributed by atoms with Gasteiger partial charge in [-0.15, -0.1) is 0 Å². The zero-order valence-corrected chi connectivity index (χ0v) is 14.5. The summed E-state index contributed by atoms with van der Waals surface area (Å²) in [5.41, 5.74) is 6.51. The largest absolute Gasteiger partial charge is 0.364 e. The van der Waals surface area contributed by atoms with Crippen molar-refractivity contribution in [2.24, 2.45) is 11.7 Å². The fourth-order valence-electron chi connectivity index (χ4n) is 4.19. The lowest BCUT2D eigenvalue weighted by molar-refractivity contribution is 0.0609. The molecule has 4 heterocycles. The van der Waals surface area contributed by atoms with Crippen molar-refractivity contribution in [1.82, 2.24) is 14.7 Å². The van der Waals surface area contributed by atoms with E-state index in [0.717, 1.165) is 38.0 Å². The molecule has 1 unspecified atom stereocenters. The Morgan fingerprint density at radius 1 is 1.33 bits per heavy atom. The molecular weight excluding hydrogens is 382 g/mol. The van der Waals surface area contributed by atoms with Crippen LogP contribution in [0, 0.1) is 5.92 Å². The van der Waals surface area contributed by atoms with E-state index >= 15 is 0 Å². The minimum atomic E-state index is -2.82. The fourth-order valence-corrected chi connectivity index (χ4v) is 4.66. The Labute approximate surface area is 145 Å². The van der Waals surface area contributed by atoms with Crippen molar-refractivity contribution in [3.63, 3.8) is 0 Å². The molecule has 2 aromatic rings. The van der Waals surface area contributed by atoms with Crippen molar-refractivity contribution >= 4 is 32.7 Å². The first kappa shape index (κ1) is 16.0. The van der Waals surface area contributed by atoms with Gasteiger partial charge in [-0.25, -0.2) is 4.68 Å². The van der Waals surface area contributed by atoms with E-state index < -0.39 is 12.5 Å². The van der Waals surface area contributed by atoms with E-state index in [9.17, 15) is 13.6 Å². The normalized spacial score (nSPS) is 26.4. The summed E-state index contributed by atoms with van der Waals surface area (Å²) in [5.74, 6) is -0.0618. The lowest BCUT2D eigenvalue weighted by Gasteiger charge is -2.45. The summed E-state index contributed by atoms with van der Waals surface area (Å²) in [6.07, 6.45) is 2.18. The van der Waals surface area contributed by atoms with Gasteiger partial charge in [-0.1, -0.05) is 15.9 Å². The highest BCUT2D eigenvalue weighted by Crippen LogP contribution is 2.43. The van der Waals surface area contributed by atoms with Gasteiger partial charge in [0.2, 0.25) is 0 Å². The Bertz CT molecular complexity index is 814. The molecule has 5 rings (SSSR count). The lowest BCUT2D eigenvalue weighted by atomic mass is 9.74. The Hall–Kier alpha value is -1.54. The van der Waals surface area contributed by atoms with E-state index in [1.54, 1.807) is 6.07 Å². The second kappa shape index (κ2) is 5.77.